The van der Waals surface area contributed by atoms with Gasteiger partial charge in [0.1, 0.15) is 5.82 Å². The highest BCUT2D eigenvalue weighted by Gasteiger charge is 2.32. The van der Waals surface area contributed by atoms with E-state index in [0.29, 0.717) is 27.7 Å². The van der Waals surface area contributed by atoms with Gasteiger partial charge < -0.3 is 0 Å². The molecule has 0 radical (unpaired) electrons. The third-order valence-electron chi connectivity index (χ3n) is 3.51. The first-order valence-corrected chi connectivity index (χ1v) is 9.33. The van der Waals surface area contributed by atoms with E-state index in [9.17, 15) is 4.39 Å². The van der Waals surface area contributed by atoms with Gasteiger partial charge in [0.15, 0.2) is 0 Å². The maximum absolute atomic E-state index is 14.2. The Morgan fingerprint density at radius 2 is 1.67 bits per heavy atom. The molecule has 0 aliphatic rings. The van der Waals surface area contributed by atoms with Crippen LogP contribution in [0.15, 0.2) is 42.5 Å². The van der Waals surface area contributed by atoms with E-state index < -0.39 is 0 Å². The summed E-state index contributed by atoms with van der Waals surface area (Å²) in [6, 6.07) is 12.8. The lowest BCUT2D eigenvalue weighted by molar-refractivity contribution is 0.523. The van der Waals surface area contributed by atoms with Crippen LogP contribution in [-0.4, -0.2) is 10.7 Å². The fourth-order valence-electron chi connectivity index (χ4n) is 2.25. The Labute approximate surface area is 150 Å². The van der Waals surface area contributed by atoms with Crippen LogP contribution in [-0.2, 0) is 11.8 Å². The molecule has 0 aromatic heterocycles. The fraction of sp³-hybridized carbons (Fsp3) is 0.250. The van der Waals surface area contributed by atoms with Gasteiger partial charge in [0.05, 0.1) is 5.02 Å². The molecule has 0 saturated heterocycles. The first-order chi connectivity index (χ1) is 10.0. The van der Waals surface area contributed by atoms with E-state index in [1.165, 1.54) is 0 Å². The van der Waals surface area contributed by atoms with Crippen molar-refractivity contribution < 1.29 is 4.39 Å². The van der Waals surface area contributed by atoms with E-state index >= 15 is 0 Å². The van der Waals surface area contributed by atoms with Gasteiger partial charge in [0, 0.05) is 21.1 Å². The van der Waals surface area contributed by atoms with Gasteiger partial charge in [-0.25, -0.2) is 4.39 Å². The first kappa shape index (κ1) is 17.3. The number of hydrogen-bond donors (Lipinski definition) is 0. The highest BCUT2D eigenvalue weighted by atomic mass is 79.9. The second-order valence-electron chi connectivity index (χ2n) is 4.95. The summed E-state index contributed by atoms with van der Waals surface area (Å²) in [5.41, 5.74) is 1.36. The van der Waals surface area contributed by atoms with Gasteiger partial charge in [-0.2, -0.15) is 0 Å². The Hall–Kier alpha value is -0.0900. The molecule has 0 spiro atoms. The number of alkyl halides is 2. The molecule has 0 saturated carbocycles. The molecule has 112 valence electrons. The predicted octanol–water partition coefficient (Wildman–Crippen LogP) is 6.40. The van der Waals surface area contributed by atoms with Crippen molar-refractivity contribution in [3.05, 3.63) is 69.5 Å². The van der Waals surface area contributed by atoms with Gasteiger partial charge >= 0.3 is 0 Å². The number of benzene rings is 2. The molecular formula is C16H13Br2Cl2F. The Bertz CT molecular complexity index is 627. The van der Waals surface area contributed by atoms with E-state index in [-0.39, 0.29) is 16.3 Å². The zero-order valence-corrected chi connectivity index (χ0v) is 15.7. The van der Waals surface area contributed by atoms with Crippen molar-refractivity contribution in [3.8, 4) is 0 Å². The smallest absolute Gasteiger partial charge is 0.145 e. The average molecular weight is 455 g/mol. The average Bonchev–Trinajstić information content (AvgIpc) is 2.49. The standard InChI is InChI=1S/C16H13Br2Cl2F/c17-9-16(10-18,12-4-2-5-13(19)7-12)8-11-3-1-6-14(20)15(11)21/h1-7H,8-10H2. The van der Waals surface area contributed by atoms with Crippen molar-refractivity contribution in [1.82, 2.24) is 0 Å². The molecule has 2 rings (SSSR count). The first-order valence-electron chi connectivity index (χ1n) is 6.33. The molecule has 0 bridgehead atoms. The molecule has 0 unspecified atom stereocenters. The molecule has 0 aliphatic heterocycles. The van der Waals surface area contributed by atoms with Crippen LogP contribution >= 0.6 is 55.1 Å². The van der Waals surface area contributed by atoms with Gasteiger partial charge in [-0.15, -0.1) is 0 Å². The summed E-state index contributed by atoms with van der Waals surface area (Å²) < 4.78 is 14.2. The number of hydrogen-bond acceptors (Lipinski definition) is 0. The molecule has 0 amide bonds. The minimum atomic E-state index is -0.354. The Balaban J connectivity index is 2.45. The van der Waals surface area contributed by atoms with Crippen LogP contribution in [0.5, 0.6) is 0 Å². The summed E-state index contributed by atoms with van der Waals surface area (Å²) in [7, 11) is 0. The second kappa shape index (κ2) is 7.45. The SMILES string of the molecule is Fc1c(Cl)cccc1CC(CBr)(CBr)c1cccc(Cl)c1. The van der Waals surface area contributed by atoms with Crippen LogP contribution in [0.2, 0.25) is 10.0 Å². The summed E-state index contributed by atoms with van der Waals surface area (Å²) in [5, 5.41) is 2.18. The van der Waals surface area contributed by atoms with Crippen molar-refractivity contribution in [3.63, 3.8) is 0 Å². The molecule has 0 aliphatic carbocycles. The quantitative estimate of drug-likeness (QED) is 0.458. The molecule has 5 heteroatoms. The minimum Gasteiger partial charge on any atom is -0.205 e. The Morgan fingerprint density at radius 1 is 1.00 bits per heavy atom. The topological polar surface area (TPSA) is 0 Å². The van der Waals surface area contributed by atoms with Crippen molar-refractivity contribution in [2.75, 3.05) is 10.7 Å². The van der Waals surface area contributed by atoms with E-state index in [0.717, 1.165) is 5.56 Å². The third-order valence-corrected chi connectivity index (χ3v) is 6.18. The summed E-state index contributed by atoms with van der Waals surface area (Å²) >= 11 is 19.1. The number of rotatable bonds is 5. The van der Waals surface area contributed by atoms with Crippen molar-refractivity contribution >= 4 is 55.1 Å². The summed E-state index contributed by atoms with van der Waals surface area (Å²) in [6.45, 7) is 0. The van der Waals surface area contributed by atoms with E-state index in [1.807, 2.05) is 24.3 Å². The number of halogens is 5. The lowest BCUT2D eigenvalue weighted by Crippen LogP contribution is -2.33. The molecule has 21 heavy (non-hydrogen) atoms. The van der Waals surface area contributed by atoms with Crippen LogP contribution < -0.4 is 0 Å². The molecular weight excluding hydrogens is 442 g/mol. The monoisotopic (exact) mass is 452 g/mol. The zero-order chi connectivity index (χ0) is 15.5. The molecule has 2 aromatic rings. The van der Waals surface area contributed by atoms with Crippen LogP contribution in [0.3, 0.4) is 0 Å². The largest absolute Gasteiger partial charge is 0.205 e. The molecule has 0 N–H and O–H groups in total. The van der Waals surface area contributed by atoms with Crippen LogP contribution in [0, 0.1) is 5.82 Å². The van der Waals surface area contributed by atoms with Crippen LogP contribution in [0.25, 0.3) is 0 Å². The van der Waals surface area contributed by atoms with Gasteiger partial charge in [0.2, 0.25) is 0 Å². The minimum absolute atomic E-state index is 0.150. The lowest BCUT2D eigenvalue weighted by Gasteiger charge is -2.31. The highest BCUT2D eigenvalue weighted by molar-refractivity contribution is 9.09. The maximum Gasteiger partial charge on any atom is 0.145 e. The van der Waals surface area contributed by atoms with E-state index in [1.54, 1.807) is 18.2 Å². The molecule has 0 heterocycles. The molecule has 0 atom stereocenters. The summed E-state index contributed by atoms with van der Waals surface area (Å²) in [5.74, 6) is -0.354. The van der Waals surface area contributed by atoms with Crippen LogP contribution in [0.4, 0.5) is 4.39 Å². The predicted molar refractivity (Wildman–Crippen MR) is 95.8 cm³/mol. The van der Waals surface area contributed by atoms with E-state index in [4.69, 9.17) is 23.2 Å². The van der Waals surface area contributed by atoms with Crippen LogP contribution in [0.1, 0.15) is 11.1 Å². The molecule has 0 nitrogen and oxygen atoms in total. The van der Waals surface area contributed by atoms with Gasteiger partial charge in [-0.3, -0.25) is 0 Å². The van der Waals surface area contributed by atoms with E-state index in [2.05, 4.69) is 31.9 Å². The van der Waals surface area contributed by atoms with Gasteiger partial charge in [-0.1, -0.05) is 79.3 Å². The zero-order valence-electron chi connectivity index (χ0n) is 11.1. The maximum atomic E-state index is 14.2. The normalized spacial score (nSPS) is 11.7. The lowest BCUT2D eigenvalue weighted by atomic mass is 9.79. The summed E-state index contributed by atoms with van der Waals surface area (Å²) in [4.78, 5) is 0. The van der Waals surface area contributed by atoms with Crippen molar-refractivity contribution in [2.45, 2.75) is 11.8 Å². The van der Waals surface area contributed by atoms with Gasteiger partial charge in [0.25, 0.3) is 0 Å². The Kier molecular flexibility index (Phi) is 6.13. The highest BCUT2D eigenvalue weighted by Crippen LogP contribution is 2.35. The second-order valence-corrected chi connectivity index (χ2v) is 6.91. The van der Waals surface area contributed by atoms with Crippen molar-refractivity contribution in [1.29, 1.82) is 0 Å². The third kappa shape index (κ3) is 3.82. The molecule has 0 fully saturated rings. The summed E-state index contributed by atoms with van der Waals surface area (Å²) in [6.07, 6.45) is 0.524. The Morgan fingerprint density at radius 3 is 2.29 bits per heavy atom. The van der Waals surface area contributed by atoms with Crippen molar-refractivity contribution in [2.24, 2.45) is 0 Å². The van der Waals surface area contributed by atoms with Gasteiger partial charge in [-0.05, 0) is 35.7 Å². The fourth-order valence-corrected chi connectivity index (χ4v) is 4.61. The molecule has 2 aromatic carbocycles.